The van der Waals surface area contributed by atoms with Crippen molar-refractivity contribution >= 4 is 38.6 Å². The van der Waals surface area contributed by atoms with E-state index in [0.29, 0.717) is 23.7 Å². The predicted octanol–water partition coefficient (Wildman–Crippen LogP) is 3.99. The van der Waals surface area contributed by atoms with Gasteiger partial charge in [0.2, 0.25) is 10.0 Å². The molecule has 200 valence electrons. The second kappa shape index (κ2) is 11.7. The van der Waals surface area contributed by atoms with Crippen molar-refractivity contribution in [1.29, 1.82) is 0 Å². The first-order valence-corrected chi connectivity index (χ1v) is 14.4. The van der Waals surface area contributed by atoms with Crippen LogP contribution in [0.5, 0.6) is 5.75 Å². The summed E-state index contributed by atoms with van der Waals surface area (Å²) >= 11 is 6.26. The molecule has 9 nitrogen and oxygen atoms in total. The van der Waals surface area contributed by atoms with Crippen LogP contribution in [0.2, 0.25) is 5.02 Å². The molecule has 1 aliphatic rings. The molecule has 11 heteroatoms. The summed E-state index contributed by atoms with van der Waals surface area (Å²) < 4.78 is 36.5. The highest BCUT2D eigenvalue weighted by atomic mass is 35.5. The Balaban J connectivity index is 1.50. The Bertz CT molecular complexity index is 1340. The number of fused-ring (bicyclic) bond motifs is 3. The van der Waals surface area contributed by atoms with Crippen molar-refractivity contribution in [3.8, 4) is 5.75 Å². The number of aliphatic hydroxyl groups excluding tert-OH is 1. The van der Waals surface area contributed by atoms with E-state index >= 15 is 0 Å². The minimum atomic E-state index is -3.35. The molecule has 3 N–H and O–H groups in total. The molecule has 1 unspecified atom stereocenters. The van der Waals surface area contributed by atoms with Crippen molar-refractivity contribution in [1.82, 2.24) is 14.6 Å². The van der Waals surface area contributed by atoms with E-state index in [1.165, 1.54) is 6.92 Å². The number of carbonyl (C=O) groups excluding carboxylic acids is 1. The SMILES string of the molecule is CCOC(=O)N1CCc2c([nH]c3ccc(Cl)cc23)[C@@H]1c1ccc(OCCC(O)CNS(=O)(=O)CC)cc1. The van der Waals surface area contributed by atoms with Crippen molar-refractivity contribution in [2.45, 2.75) is 38.8 Å². The van der Waals surface area contributed by atoms with E-state index in [-0.39, 0.29) is 44.1 Å². The van der Waals surface area contributed by atoms with Gasteiger partial charge in [-0.1, -0.05) is 23.7 Å². The molecule has 1 aromatic heterocycles. The maximum Gasteiger partial charge on any atom is 0.410 e. The minimum Gasteiger partial charge on any atom is -0.493 e. The van der Waals surface area contributed by atoms with Gasteiger partial charge >= 0.3 is 6.09 Å². The van der Waals surface area contributed by atoms with E-state index < -0.39 is 16.1 Å². The molecule has 1 amide bonds. The van der Waals surface area contributed by atoms with E-state index in [2.05, 4.69) is 9.71 Å². The first-order chi connectivity index (χ1) is 17.7. The van der Waals surface area contributed by atoms with Crippen LogP contribution in [0.25, 0.3) is 10.9 Å². The van der Waals surface area contributed by atoms with Crippen molar-refractivity contribution in [3.05, 3.63) is 64.3 Å². The third-order valence-electron chi connectivity index (χ3n) is 6.43. The molecule has 0 bridgehead atoms. The van der Waals surface area contributed by atoms with Gasteiger partial charge in [-0.2, -0.15) is 0 Å². The number of rotatable bonds is 10. The van der Waals surface area contributed by atoms with Crippen LogP contribution in [0.3, 0.4) is 0 Å². The number of aromatic nitrogens is 1. The maximum absolute atomic E-state index is 12.8. The van der Waals surface area contributed by atoms with Crippen molar-refractivity contribution in [2.75, 3.05) is 32.1 Å². The summed E-state index contributed by atoms with van der Waals surface area (Å²) in [5, 5.41) is 11.7. The first-order valence-electron chi connectivity index (χ1n) is 12.3. The van der Waals surface area contributed by atoms with Crippen LogP contribution >= 0.6 is 11.6 Å². The zero-order chi connectivity index (χ0) is 26.6. The lowest BCUT2D eigenvalue weighted by Gasteiger charge is -2.35. The number of hydrogen-bond donors (Lipinski definition) is 3. The Morgan fingerprint density at radius 1 is 1.24 bits per heavy atom. The zero-order valence-electron chi connectivity index (χ0n) is 20.9. The molecule has 0 saturated carbocycles. The molecular weight excluding hydrogens is 518 g/mol. The van der Waals surface area contributed by atoms with Gasteiger partial charge in [0.1, 0.15) is 11.8 Å². The summed E-state index contributed by atoms with van der Waals surface area (Å²) in [4.78, 5) is 18.1. The average Bonchev–Trinajstić information content (AvgIpc) is 3.25. The fourth-order valence-corrected chi connectivity index (χ4v) is 5.32. The summed E-state index contributed by atoms with van der Waals surface area (Å²) in [7, 11) is -3.35. The summed E-state index contributed by atoms with van der Waals surface area (Å²) in [5.41, 5.74) is 3.93. The number of hydrogen-bond acceptors (Lipinski definition) is 6. The van der Waals surface area contributed by atoms with E-state index in [1.54, 1.807) is 11.8 Å². The Morgan fingerprint density at radius 2 is 2.00 bits per heavy atom. The summed E-state index contributed by atoms with van der Waals surface area (Å²) in [6, 6.07) is 12.8. The highest BCUT2D eigenvalue weighted by molar-refractivity contribution is 7.89. The summed E-state index contributed by atoms with van der Waals surface area (Å²) in [6.45, 7) is 4.29. The lowest BCUT2D eigenvalue weighted by molar-refractivity contribution is 0.0932. The van der Waals surface area contributed by atoms with Crippen LogP contribution in [0.1, 0.15) is 43.1 Å². The molecule has 1 aliphatic heterocycles. The van der Waals surface area contributed by atoms with Gasteiger partial charge < -0.3 is 19.6 Å². The molecule has 0 radical (unpaired) electrons. The number of aliphatic hydroxyl groups is 1. The standard InChI is InChI=1S/C26H32ClN3O6S/c1-3-35-26(32)30-13-11-21-22-15-18(27)7-10-23(22)29-24(21)25(30)17-5-8-20(9-6-17)36-14-12-19(31)16-28-37(33,34)4-2/h5-10,15,19,25,28-29,31H,3-4,11-14,16H2,1-2H3/t19?,25-/m0/s1. The second-order valence-corrected chi connectivity index (χ2v) is 11.4. The Kier molecular flexibility index (Phi) is 8.63. The zero-order valence-corrected chi connectivity index (χ0v) is 22.4. The van der Waals surface area contributed by atoms with Gasteiger partial charge in [-0.3, -0.25) is 4.90 Å². The lowest BCUT2D eigenvalue weighted by Crippen LogP contribution is -2.40. The normalized spacial score (nSPS) is 16.4. The Labute approximate surface area is 221 Å². The molecule has 4 rings (SSSR count). The third kappa shape index (κ3) is 6.38. The lowest BCUT2D eigenvalue weighted by atomic mass is 9.92. The number of halogens is 1. The van der Waals surface area contributed by atoms with Gasteiger partial charge in [-0.25, -0.2) is 17.9 Å². The van der Waals surface area contributed by atoms with Gasteiger partial charge in [-0.15, -0.1) is 0 Å². The number of nitrogens with zero attached hydrogens (tertiary/aromatic N) is 1. The third-order valence-corrected chi connectivity index (χ3v) is 8.03. The highest BCUT2D eigenvalue weighted by Gasteiger charge is 2.35. The number of nitrogens with one attached hydrogen (secondary N) is 2. The van der Waals surface area contributed by atoms with Crippen molar-refractivity contribution in [3.63, 3.8) is 0 Å². The first kappa shape index (κ1) is 27.3. The number of benzene rings is 2. The van der Waals surface area contributed by atoms with Crippen LogP contribution < -0.4 is 9.46 Å². The summed E-state index contributed by atoms with van der Waals surface area (Å²) in [5.74, 6) is 0.567. The van der Waals surface area contributed by atoms with Gasteiger partial charge in [0.15, 0.2) is 0 Å². The van der Waals surface area contributed by atoms with Crippen LogP contribution in [0.15, 0.2) is 42.5 Å². The molecule has 2 heterocycles. The highest BCUT2D eigenvalue weighted by Crippen LogP contribution is 2.39. The van der Waals surface area contributed by atoms with E-state index in [0.717, 1.165) is 27.7 Å². The molecule has 0 saturated heterocycles. The molecule has 2 aromatic carbocycles. The molecule has 37 heavy (non-hydrogen) atoms. The fourth-order valence-electron chi connectivity index (χ4n) is 4.50. The summed E-state index contributed by atoms with van der Waals surface area (Å²) in [6.07, 6.45) is -0.269. The van der Waals surface area contributed by atoms with Crippen LogP contribution in [-0.4, -0.2) is 67.7 Å². The van der Waals surface area contributed by atoms with Crippen molar-refractivity contribution < 1.29 is 27.8 Å². The van der Waals surface area contributed by atoms with Crippen molar-refractivity contribution in [2.24, 2.45) is 0 Å². The van der Waals surface area contributed by atoms with Gasteiger partial charge in [0.05, 0.1) is 25.1 Å². The van der Waals surface area contributed by atoms with E-state index in [9.17, 15) is 18.3 Å². The number of H-pyrrole nitrogens is 1. The Morgan fingerprint density at radius 3 is 2.70 bits per heavy atom. The van der Waals surface area contributed by atoms with Gasteiger partial charge in [-0.05, 0) is 61.7 Å². The van der Waals surface area contributed by atoms with E-state index in [1.807, 2.05) is 42.5 Å². The smallest absolute Gasteiger partial charge is 0.410 e. The minimum absolute atomic E-state index is 0.0368. The maximum atomic E-state index is 12.8. The van der Waals surface area contributed by atoms with Gasteiger partial charge in [0.25, 0.3) is 0 Å². The second-order valence-electron chi connectivity index (χ2n) is 8.86. The van der Waals surface area contributed by atoms with Crippen LogP contribution in [0, 0.1) is 0 Å². The predicted molar refractivity (Wildman–Crippen MR) is 143 cm³/mol. The molecule has 0 aliphatic carbocycles. The van der Waals surface area contributed by atoms with Crippen LogP contribution in [-0.2, 0) is 21.2 Å². The Hall–Kier alpha value is -2.79. The largest absolute Gasteiger partial charge is 0.493 e. The monoisotopic (exact) mass is 549 g/mol. The molecular formula is C26H32ClN3O6S. The average molecular weight is 550 g/mol. The topological polar surface area (TPSA) is 121 Å². The molecule has 3 aromatic rings. The van der Waals surface area contributed by atoms with E-state index in [4.69, 9.17) is 21.1 Å². The molecule has 2 atom stereocenters. The van der Waals surface area contributed by atoms with Crippen LogP contribution in [0.4, 0.5) is 4.79 Å². The fraction of sp³-hybridized carbons (Fsp3) is 0.423. The molecule has 0 fully saturated rings. The number of aromatic amines is 1. The number of sulfonamides is 1. The quantitative estimate of drug-likeness (QED) is 0.351. The number of ether oxygens (including phenoxy) is 2. The number of carbonyl (C=O) groups is 1. The molecule has 0 spiro atoms. The number of amides is 1. The van der Waals surface area contributed by atoms with Gasteiger partial charge in [0, 0.05) is 41.1 Å².